The zero-order chi connectivity index (χ0) is 21.3. The Morgan fingerprint density at radius 3 is 2.47 bits per heavy atom. The monoisotopic (exact) mass is 417 g/mol. The summed E-state index contributed by atoms with van der Waals surface area (Å²) in [5, 5.41) is 0.228. The summed E-state index contributed by atoms with van der Waals surface area (Å²) in [5.74, 6) is 6.00. The van der Waals surface area contributed by atoms with E-state index in [2.05, 4.69) is 26.8 Å². The van der Waals surface area contributed by atoms with Crippen molar-refractivity contribution in [2.24, 2.45) is 0 Å². The lowest BCUT2D eigenvalue weighted by Crippen LogP contribution is -2.40. The number of nitrogens with zero attached hydrogens (tertiary/aromatic N) is 5. The molecule has 7 nitrogen and oxygen atoms in total. The Balaban J connectivity index is 1.89. The lowest BCUT2D eigenvalue weighted by atomic mass is 10.2. The summed E-state index contributed by atoms with van der Waals surface area (Å²) < 4.78 is 2.45. The van der Waals surface area contributed by atoms with Gasteiger partial charge in [-0.15, -0.1) is 0 Å². The number of fused-ring (bicyclic) bond motifs is 1. The first-order valence-electron chi connectivity index (χ1n) is 9.17. The minimum Gasteiger partial charge on any atom is -0.273 e. The predicted molar refractivity (Wildman–Crippen MR) is 115 cm³/mol. The molecule has 0 aliphatic carbocycles. The van der Waals surface area contributed by atoms with E-state index in [4.69, 9.17) is 11.6 Å². The van der Waals surface area contributed by atoms with E-state index in [9.17, 15) is 9.59 Å². The van der Waals surface area contributed by atoms with Gasteiger partial charge in [-0.05, 0) is 44.2 Å². The van der Waals surface area contributed by atoms with Gasteiger partial charge in [0.15, 0.2) is 11.2 Å². The van der Waals surface area contributed by atoms with Crippen molar-refractivity contribution in [3.63, 3.8) is 0 Å². The van der Waals surface area contributed by atoms with Crippen LogP contribution in [0.25, 0.3) is 16.9 Å². The average Bonchev–Trinajstić information content (AvgIpc) is 2.74. The standard InChI is InChI=1S/C22H16ClN5O2/c1-14(2)27-20-19(25-10-11-26-20)21(29)28(22(27)30)18-8-7-15(12-17(18)23)5-6-16-4-3-9-24-13-16/h3-4,7-14H,1-2H3. The van der Waals surface area contributed by atoms with Crippen LogP contribution in [-0.4, -0.2) is 24.1 Å². The van der Waals surface area contributed by atoms with E-state index in [1.54, 1.807) is 36.7 Å². The molecule has 1 aromatic carbocycles. The van der Waals surface area contributed by atoms with E-state index >= 15 is 0 Å². The van der Waals surface area contributed by atoms with Crippen LogP contribution in [0.4, 0.5) is 0 Å². The number of pyridine rings is 1. The first kappa shape index (κ1) is 19.6. The van der Waals surface area contributed by atoms with Crippen LogP contribution < -0.4 is 11.2 Å². The highest BCUT2D eigenvalue weighted by molar-refractivity contribution is 6.32. The van der Waals surface area contributed by atoms with Gasteiger partial charge in [0.05, 0.1) is 10.7 Å². The van der Waals surface area contributed by atoms with Crippen LogP contribution in [0.1, 0.15) is 31.0 Å². The van der Waals surface area contributed by atoms with Crippen molar-refractivity contribution in [1.29, 1.82) is 0 Å². The fraction of sp³-hybridized carbons (Fsp3) is 0.136. The molecule has 0 saturated heterocycles. The van der Waals surface area contributed by atoms with Crippen molar-refractivity contribution in [2.75, 3.05) is 0 Å². The summed E-state index contributed by atoms with van der Waals surface area (Å²) >= 11 is 6.45. The third kappa shape index (κ3) is 3.49. The summed E-state index contributed by atoms with van der Waals surface area (Å²) in [6, 6.07) is 8.34. The quantitative estimate of drug-likeness (QED) is 0.468. The van der Waals surface area contributed by atoms with Crippen molar-refractivity contribution in [2.45, 2.75) is 19.9 Å². The van der Waals surface area contributed by atoms with Crippen molar-refractivity contribution in [3.05, 3.63) is 92.1 Å². The zero-order valence-corrected chi connectivity index (χ0v) is 17.0. The molecule has 0 bridgehead atoms. The summed E-state index contributed by atoms with van der Waals surface area (Å²) in [6.45, 7) is 3.67. The van der Waals surface area contributed by atoms with Crippen LogP contribution in [-0.2, 0) is 0 Å². The number of benzene rings is 1. The van der Waals surface area contributed by atoms with Gasteiger partial charge in [0.1, 0.15) is 0 Å². The SMILES string of the molecule is CC(C)n1c(=O)n(-c2ccc(C#Cc3cccnc3)cc2Cl)c(=O)c2nccnc21. The summed E-state index contributed by atoms with van der Waals surface area (Å²) in [5.41, 5.74) is 0.916. The second kappa shape index (κ2) is 7.93. The highest BCUT2D eigenvalue weighted by Gasteiger charge is 2.19. The third-order valence-corrected chi connectivity index (χ3v) is 4.73. The van der Waals surface area contributed by atoms with Crippen LogP contribution in [0.15, 0.2) is 64.7 Å². The molecule has 0 amide bonds. The van der Waals surface area contributed by atoms with Crippen LogP contribution in [0.3, 0.4) is 0 Å². The molecule has 30 heavy (non-hydrogen) atoms. The molecule has 0 aliphatic rings. The fourth-order valence-electron chi connectivity index (χ4n) is 3.07. The van der Waals surface area contributed by atoms with Crippen molar-refractivity contribution in [1.82, 2.24) is 24.1 Å². The molecule has 0 aliphatic heterocycles. The lowest BCUT2D eigenvalue weighted by molar-refractivity contribution is 0.564. The van der Waals surface area contributed by atoms with Gasteiger partial charge in [-0.3, -0.25) is 14.3 Å². The molecule has 8 heteroatoms. The second-order valence-corrected chi connectivity index (χ2v) is 7.18. The first-order valence-corrected chi connectivity index (χ1v) is 9.55. The van der Waals surface area contributed by atoms with Gasteiger partial charge < -0.3 is 0 Å². The minimum absolute atomic E-state index is 0.0994. The highest BCUT2D eigenvalue weighted by atomic mass is 35.5. The molecule has 0 atom stereocenters. The Bertz CT molecular complexity index is 1430. The highest BCUT2D eigenvalue weighted by Crippen LogP contribution is 2.20. The second-order valence-electron chi connectivity index (χ2n) is 6.77. The van der Waals surface area contributed by atoms with Crippen molar-refractivity contribution < 1.29 is 0 Å². The Morgan fingerprint density at radius 2 is 1.77 bits per heavy atom. The van der Waals surface area contributed by atoms with E-state index in [0.29, 0.717) is 5.56 Å². The van der Waals surface area contributed by atoms with Gasteiger partial charge >= 0.3 is 5.69 Å². The maximum atomic E-state index is 13.2. The maximum absolute atomic E-state index is 13.2. The molecule has 0 spiro atoms. The smallest absolute Gasteiger partial charge is 0.273 e. The number of rotatable bonds is 2. The topological polar surface area (TPSA) is 82.7 Å². The van der Waals surface area contributed by atoms with Gasteiger partial charge in [-0.25, -0.2) is 19.3 Å². The van der Waals surface area contributed by atoms with Crippen LogP contribution >= 0.6 is 11.6 Å². The van der Waals surface area contributed by atoms with E-state index in [-0.39, 0.29) is 27.9 Å². The van der Waals surface area contributed by atoms with Gasteiger partial charge in [0.25, 0.3) is 5.56 Å². The third-order valence-electron chi connectivity index (χ3n) is 4.43. The van der Waals surface area contributed by atoms with Gasteiger partial charge in [-0.1, -0.05) is 23.4 Å². The Hall–Kier alpha value is -3.76. The molecule has 0 saturated carbocycles. The lowest BCUT2D eigenvalue weighted by Gasteiger charge is -2.16. The van der Waals surface area contributed by atoms with E-state index in [1.165, 1.54) is 17.0 Å². The van der Waals surface area contributed by atoms with Crippen LogP contribution in [0.5, 0.6) is 0 Å². The van der Waals surface area contributed by atoms with Gasteiger partial charge in [0.2, 0.25) is 0 Å². The van der Waals surface area contributed by atoms with Gasteiger partial charge in [-0.2, -0.15) is 0 Å². The number of hydrogen-bond acceptors (Lipinski definition) is 5. The summed E-state index contributed by atoms with van der Waals surface area (Å²) in [7, 11) is 0. The number of hydrogen-bond donors (Lipinski definition) is 0. The summed E-state index contributed by atoms with van der Waals surface area (Å²) in [4.78, 5) is 38.5. The molecule has 0 fully saturated rings. The van der Waals surface area contributed by atoms with Crippen molar-refractivity contribution in [3.8, 4) is 17.5 Å². The molecule has 0 unspecified atom stereocenters. The zero-order valence-electron chi connectivity index (χ0n) is 16.2. The van der Waals surface area contributed by atoms with Crippen LogP contribution in [0.2, 0.25) is 5.02 Å². The molecule has 0 N–H and O–H groups in total. The average molecular weight is 418 g/mol. The number of halogens is 1. The minimum atomic E-state index is -0.573. The molecular formula is C22H16ClN5O2. The molecule has 148 valence electrons. The molecule has 3 heterocycles. The molecule has 4 aromatic rings. The first-order chi connectivity index (χ1) is 14.5. The van der Waals surface area contributed by atoms with Crippen molar-refractivity contribution >= 4 is 22.8 Å². The van der Waals surface area contributed by atoms with E-state index in [1.807, 2.05) is 19.9 Å². The molecule has 4 rings (SSSR count). The van der Waals surface area contributed by atoms with E-state index in [0.717, 1.165) is 10.1 Å². The normalized spacial score (nSPS) is 10.8. The maximum Gasteiger partial charge on any atom is 0.337 e. The Labute approximate surface area is 176 Å². The Morgan fingerprint density at radius 1 is 1.00 bits per heavy atom. The largest absolute Gasteiger partial charge is 0.337 e. The number of aromatic nitrogens is 5. The molecule has 3 aromatic heterocycles. The van der Waals surface area contributed by atoms with Crippen LogP contribution in [0, 0.1) is 11.8 Å². The fourth-order valence-corrected chi connectivity index (χ4v) is 3.34. The summed E-state index contributed by atoms with van der Waals surface area (Å²) in [6.07, 6.45) is 6.20. The molecule has 0 radical (unpaired) electrons. The van der Waals surface area contributed by atoms with Gasteiger partial charge in [0, 0.05) is 42.0 Å². The predicted octanol–water partition coefficient (Wildman–Crippen LogP) is 2.97. The Kier molecular flexibility index (Phi) is 5.17. The molecular weight excluding hydrogens is 402 g/mol. The van der Waals surface area contributed by atoms with E-state index < -0.39 is 11.2 Å².